The van der Waals surface area contributed by atoms with Gasteiger partial charge in [-0.1, -0.05) is 41.5 Å². The van der Waals surface area contributed by atoms with E-state index in [0.29, 0.717) is 16.7 Å². The summed E-state index contributed by atoms with van der Waals surface area (Å²) in [6.45, 7) is 8.08. The number of anilines is 3. The Morgan fingerprint density at radius 2 is 0.811 bits per heavy atom. The van der Waals surface area contributed by atoms with E-state index in [1.54, 1.807) is 60.1 Å². The van der Waals surface area contributed by atoms with Crippen molar-refractivity contribution >= 4 is 95.7 Å². The summed E-state index contributed by atoms with van der Waals surface area (Å²) in [5.41, 5.74) is 14.9. The molecule has 74 heavy (non-hydrogen) atoms. The van der Waals surface area contributed by atoms with Gasteiger partial charge in [0.05, 0.1) is 53.8 Å². The molecule has 0 amide bonds. The molecular formula is C45H54N15O13P. The van der Waals surface area contributed by atoms with Crippen LogP contribution in [0.5, 0.6) is 0 Å². The third-order valence-corrected chi connectivity index (χ3v) is 14.2. The van der Waals surface area contributed by atoms with E-state index in [9.17, 15) is 28.8 Å². The lowest BCUT2D eigenvalue weighted by molar-refractivity contribution is -0.150. The van der Waals surface area contributed by atoms with Crippen LogP contribution >= 0.6 is 7.82 Å². The molecule has 0 aliphatic heterocycles. The van der Waals surface area contributed by atoms with E-state index in [1.807, 2.05) is 0 Å². The van der Waals surface area contributed by atoms with E-state index in [4.69, 9.17) is 45.0 Å². The molecule has 6 aromatic heterocycles. The van der Waals surface area contributed by atoms with Gasteiger partial charge in [0.2, 0.25) is 17.8 Å². The van der Waals surface area contributed by atoms with Crippen LogP contribution in [0.25, 0.3) is 52.1 Å². The summed E-state index contributed by atoms with van der Waals surface area (Å²) in [6, 6.07) is 0. The molecule has 392 valence electrons. The van der Waals surface area contributed by atoms with Gasteiger partial charge in [-0.15, -0.1) is 0 Å². The highest BCUT2D eigenvalue weighted by atomic mass is 31.2. The van der Waals surface area contributed by atoms with Crippen LogP contribution in [0.3, 0.4) is 0 Å². The number of H-pyrrole nitrogens is 3. The van der Waals surface area contributed by atoms with Crippen molar-refractivity contribution in [1.82, 2.24) is 58.6 Å². The molecule has 0 aromatic carbocycles. The topological polar surface area (TPSA) is 392 Å². The molecular weight excluding hydrogens is 990 g/mol. The number of hydrogen-bond acceptors (Lipinski definition) is 22. The number of hydrogen-bond donors (Lipinski definition) is 6. The average molecular weight is 1040 g/mol. The van der Waals surface area contributed by atoms with Crippen molar-refractivity contribution in [2.75, 3.05) is 56.8 Å². The van der Waals surface area contributed by atoms with Crippen LogP contribution in [0.15, 0.2) is 50.1 Å². The van der Waals surface area contributed by atoms with E-state index in [1.165, 1.54) is 32.7 Å². The number of nitrogen functional groups attached to an aromatic ring is 3. The van der Waals surface area contributed by atoms with E-state index >= 15 is 4.57 Å². The second-order valence-corrected chi connectivity index (χ2v) is 21.4. The number of fused-ring (bicyclic) bond motifs is 3. The SMILES string of the molecule is CC(C)C(=O)OC[C@]1(COP(=O)(OC[C@@]2(COC(=O)C(C)C)C/C2=C/n2cnc3c(=O)[nH]c(N)nc32)OC[C@@]2(COC(=O)C(C)C)C/C2=C/n2cnc3c(=O)[nH]c(N)nc32)C/C1=C/n1cnc2c(=O)[nH]c(N)nc21. The van der Waals surface area contributed by atoms with Crippen LogP contribution in [0.2, 0.25) is 0 Å². The number of aromatic amines is 3. The average Bonchev–Trinajstić information content (AvgIpc) is 4.22. The molecule has 28 nitrogen and oxygen atoms in total. The van der Waals surface area contributed by atoms with Crippen molar-refractivity contribution in [3.63, 3.8) is 0 Å². The molecule has 3 aliphatic carbocycles. The van der Waals surface area contributed by atoms with Gasteiger partial charge in [-0.05, 0) is 36.0 Å². The van der Waals surface area contributed by atoms with E-state index in [0.717, 1.165) is 0 Å². The molecule has 0 spiro atoms. The Kier molecular flexibility index (Phi) is 13.3. The number of nitrogens with two attached hydrogens (primary N) is 3. The number of phosphoric acid groups is 1. The minimum Gasteiger partial charge on any atom is -0.464 e. The standard InChI is InChI=1S/C45H54N15O13P/c1-22(2)37(64)68-13-43(7-25(43)10-58-19-49-28-31(58)52-40(46)55-34(28)61)16-71-74(67,72-17-44(14-69-38(65)23(3)4)8-26(44)11-59-20-50-29-32(59)53-41(47)56-35(29)62)73-18-45(15-70-39(66)24(5)6)9-27(45)12-60-21-51-30-33(60)54-42(48)57-36(30)63/h10-12,19-24H,7-9,13-18H2,1-6H3,(H3,46,52,55,61)(H3,47,53,56,62)(H3,48,54,57,63)/b25-10-,26-11-,27-12-/t43-,44-,45-/m0/s1. The summed E-state index contributed by atoms with van der Waals surface area (Å²) in [5, 5.41) is 0. The van der Waals surface area contributed by atoms with Crippen molar-refractivity contribution in [2.45, 2.75) is 60.8 Å². The Morgan fingerprint density at radius 3 is 1.07 bits per heavy atom. The lowest BCUT2D eigenvalue weighted by Crippen LogP contribution is -2.26. The van der Waals surface area contributed by atoms with Gasteiger partial charge in [-0.25, -0.2) is 19.5 Å². The van der Waals surface area contributed by atoms with Crippen molar-refractivity contribution in [3.8, 4) is 0 Å². The van der Waals surface area contributed by atoms with Crippen molar-refractivity contribution in [1.29, 1.82) is 0 Å². The van der Waals surface area contributed by atoms with Crippen molar-refractivity contribution in [3.05, 3.63) is 66.8 Å². The molecule has 3 aliphatic rings. The van der Waals surface area contributed by atoms with Crippen LogP contribution < -0.4 is 33.9 Å². The first-order valence-corrected chi connectivity index (χ1v) is 24.8. The summed E-state index contributed by atoms with van der Waals surface area (Å²) in [7, 11) is -4.82. The third kappa shape index (κ3) is 10.4. The molecule has 9 N–H and O–H groups in total. The van der Waals surface area contributed by atoms with Crippen LogP contribution in [0.4, 0.5) is 17.8 Å². The Balaban J connectivity index is 1.06. The second-order valence-electron chi connectivity index (χ2n) is 19.7. The molecule has 0 saturated heterocycles. The smallest absolute Gasteiger partial charge is 0.464 e. The summed E-state index contributed by atoms with van der Waals surface area (Å²) in [4.78, 5) is 109. The first-order valence-electron chi connectivity index (χ1n) is 23.4. The normalized spacial score (nSPS) is 22.0. The Hall–Kier alpha value is -7.81. The van der Waals surface area contributed by atoms with Gasteiger partial charge in [0.25, 0.3) is 16.7 Å². The maximum Gasteiger partial charge on any atom is 0.474 e. The maximum atomic E-state index is 15.5. The Bertz CT molecular complexity index is 3220. The molecule has 29 heteroatoms. The van der Waals surface area contributed by atoms with Gasteiger partial charge in [-0.2, -0.15) is 15.0 Å². The minimum atomic E-state index is -4.82. The van der Waals surface area contributed by atoms with E-state index in [2.05, 4.69) is 44.9 Å². The molecule has 6 heterocycles. The maximum absolute atomic E-state index is 15.5. The number of carbonyl (C=O) groups excluding carboxylic acids is 3. The summed E-state index contributed by atoms with van der Waals surface area (Å²) in [6.07, 6.45) is 9.70. The fourth-order valence-electron chi connectivity index (χ4n) is 7.96. The molecule has 0 bridgehead atoms. The third-order valence-electron chi connectivity index (χ3n) is 12.9. The van der Waals surface area contributed by atoms with Gasteiger partial charge >= 0.3 is 25.7 Å². The number of nitrogens with zero attached hydrogens (tertiary/aromatic N) is 9. The molecule has 6 aromatic rings. The van der Waals surface area contributed by atoms with E-state index < -0.39 is 96.2 Å². The monoisotopic (exact) mass is 1040 g/mol. The largest absolute Gasteiger partial charge is 0.474 e. The number of esters is 3. The predicted octanol–water partition coefficient (Wildman–Crippen LogP) is 2.58. The number of imidazole rings is 3. The summed E-state index contributed by atoms with van der Waals surface area (Å²) < 4.78 is 56.1. The first-order chi connectivity index (χ1) is 35.0. The fourth-order valence-corrected chi connectivity index (χ4v) is 9.40. The molecule has 3 fully saturated rings. The molecule has 0 radical (unpaired) electrons. The summed E-state index contributed by atoms with van der Waals surface area (Å²) >= 11 is 0. The highest BCUT2D eigenvalue weighted by Gasteiger charge is 2.57. The number of carbonyl (C=O) groups is 3. The van der Waals surface area contributed by atoms with Crippen LogP contribution in [-0.4, -0.2) is 116 Å². The quantitative estimate of drug-likeness (QED) is 0.0343. The second kappa shape index (κ2) is 19.2. The molecule has 9 rings (SSSR count). The zero-order chi connectivity index (χ0) is 53.1. The number of ether oxygens (including phenoxy) is 3. The summed E-state index contributed by atoms with van der Waals surface area (Å²) in [5.74, 6) is -3.48. The van der Waals surface area contributed by atoms with Gasteiger partial charge in [0.1, 0.15) is 38.8 Å². The number of aromatic nitrogens is 12. The molecule has 3 saturated carbocycles. The molecule has 3 atom stereocenters. The van der Waals surface area contributed by atoms with E-state index in [-0.39, 0.29) is 90.4 Å². The lowest BCUT2D eigenvalue weighted by atomic mass is 10.1. The highest BCUT2D eigenvalue weighted by Crippen LogP contribution is 2.63. The lowest BCUT2D eigenvalue weighted by Gasteiger charge is -2.25. The number of nitrogens with one attached hydrogen (secondary N) is 3. The number of phosphoric ester groups is 1. The van der Waals surface area contributed by atoms with Gasteiger partial charge < -0.3 is 31.4 Å². The highest BCUT2D eigenvalue weighted by molar-refractivity contribution is 7.48. The number of rotatable bonds is 21. The minimum absolute atomic E-state index is 0.0182. The fraction of sp³-hybridized carbons (Fsp3) is 0.467. The van der Waals surface area contributed by atoms with Crippen molar-refractivity contribution in [2.24, 2.45) is 34.0 Å². The molecule has 0 unspecified atom stereocenters. The van der Waals surface area contributed by atoms with Crippen molar-refractivity contribution < 1.29 is 46.7 Å². The zero-order valence-electron chi connectivity index (χ0n) is 41.1. The first kappa shape index (κ1) is 51.1. The van der Waals surface area contributed by atoms with Crippen LogP contribution in [0.1, 0.15) is 60.8 Å². The van der Waals surface area contributed by atoms with Gasteiger partial charge in [0.15, 0.2) is 33.5 Å². The Labute approximate surface area is 418 Å². The van der Waals surface area contributed by atoms with Crippen LogP contribution in [-0.2, 0) is 46.7 Å². The van der Waals surface area contributed by atoms with Gasteiger partial charge in [0, 0.05) is 18.6 Å². The van der Waals surface area contributed by atoms with Crippen LogP contribution in [0, 0.1) is 34.0 Å². The zero-order valence-corrected chi connectivity index (χ0v) is 42.0. The Morgan fingerprint density at radius 1 is 0.541 bits per heavy atom. The predicted molar refractivity (Wildman–Crippen MR) is 265 cm³/mol. The van der Waals surface area contributed by atoms with Gasteiger partial charge in [-0.3, -0.25) is 71.0 Å².